The number of methoxy groups -OCH3 is 1. The van der Waals surface area contributed by atoms with E-state index in [1.165, 1.54) is 31.4 Å². The van der Waals surface area contributed by atoms with E-state index in [0.717, 1.165) is 12.1 Å². The van der Waals surface area contributed by atoms with Crippen LogP contribution in [0.25, 0.3) is 0 Å². The van der Waals surface area contributed by atoms with Crippen LogP contribution in [0.5, 0.6) is 0 Å². The van der Waals surface area contributed by atoms with Gasteiger partial charge < -0.3 is 4.74 Å². The summed E-state index contributed by atoms with van der Waals surface area (Å²) in [6, 6.07) is 8.25. The Kier molecular flexibility index (Phi) is 5.07. The molecule has 2 rings (SSSR count). The van der Waals surface area contributed by atoms with E-state index < -0.39 is 32.5 Å². The summed E-state index contributed by atoms with van der Waals surface area (Å²) < 4.78 is 57.1. The molecule has 0 aliphatic carbocycles. The summed E-state index contributed by atoms with van der Waals surface area (Å²) >= 11 is 0. The SMILES string of the molecule is COC(=O)c1ccc(CNS(=O)(=O)c2ccc(F)cc2F)cc1. The van der Waals surface area contributed by atoms with Gasteiger partial charge in [0.2, 0.25) is 10.0 Å². The molecule has 0 unspecified atom stereocenters. The average molecular weight is 341 g/mol. The Morgan fingerprint density at radius 2 is 1.78 bits per heavy atom. The zero-order valence-electron chi connectivity index (χ0n) is 12.0. The molecule has 1 N–H and O–H groups in total. The normalized spacial score (nSPS) is 11.3. The summed E-state index contributed by atoms with van der Waals surface area (Å²) in [6.45, 7) is -0.111. The molecule has 0 fully saturated rings. The maximum atomic E-state index is 13.5. The van der Waals surface area contributed by atoms with E-state index in [1.54, 1.807) is 0 Å². The van der Waals surface area contributed by atoms with Gasteiger partial charge >= 0.3 is 5.97 Å². The smallest absolute Gasteiger partial charge is 0.337 e. The molecule has 0 atom stereocenters. The summed E-state index contributed by atoms with van der Waals surface area (Å²) in [7, 11) is -2.87. The predicted octanol–water partition coefficient (Wildman–Crippen LogP) is 2.23. The molecule has 0 saturated carbocycles. The van der Waals surface area contributed by atoms with Crippen LogP contribution in [-0.4, -0.2) is 21.5 Å². The van der Waals surface area contributed by atoms with Gasteiger partial charge in [-0.05, 0) is 29.8 Å². The van der Waals surface area contributed by atoms with Crippen molar-refractivity contribution >= 4 is 16.0 Å². The standard InChI is InChI=1S/C15H13F2NO4S/c1-22-15(19)11-4-2-10(3-5-11)9-18-23(20,21)14-7-6-12(16)8-13(14)17/h2-8,18H,9H2,1H3. The van der Waals surface area contributed by atoms with Crippen molar-refractivity contribution in [2.75, 3.05) is 7.11 Å². The van der Waals surface area contributed by atoms with Crippen LogP contribution in [0.4, 0.5) is 8.78 Å². The molecule has 0 aromatic heterocycles. The molecule has 8 heteroatoms. The van der Waals surface area contributed by atoms with Crippen LogP contribution in [0, 0.1) is 11.6 Å². The molecule has 0 aliphatic heterocycles. The van der Waals surface area contributed by atoms with E-state index in [4.69, 9.17) is 0 Å². The summed E-state index contributed by atoms with van der Waals surface area (Å²) in [5.74, 6) is -2.54. The zero-order valence-corrected chi connectivity index (χ0v) is 12.9. The van der Waals surface area contributed by atoms with Crippen LogP contribution in [0.3, 0.4) is 0 Å². The van der Waals surface area contributed by atoms with Gasteiger partial charge in [0.05, 0.1) is 12.7 Å². The fourth-order valence-electron chi connectivity index (χ4n) is 1.83. The van der Waals surface area contributed by atoms with Crippen molar-refractivity contribution in [3.05, 3.63) is 65.2 Å². The Hall–Kier alpha value is -2.32. The third-order valence-electron chi connectivity index (χ3n) is 3.02. The molecule has 2 aromatic carbocycles. The van der Waals surface area contributed by atoms with Gasteiger partial charge in [-0.25, -0.2) is 26.7 Å². The van der Waals surface area contributed by atoms with E-state index >= 15 is 0 Å². The first-order chi connectivity index (χ1) is 10.8. The number of nitrogens with one attached hydrogen (secondary N) is 1. The van der Waals surface area contributed by atoms with Crippen LogP contribution >= 0.6 is 0 Å². The molecule has 0 spiro atoms. The Labute approximate surface area is 132 Å². The van der Waals surface area contributed by atoms with Crippen molar-refractivity contribution in [2.24, 2.45) is 0 Å². The molecule has 0 heterocycles. The molecule has 23 heavy (non-hydrogen) atoms. The van der Waals surface area contributed by atoms with Gasteiger partial charge in [0.25, 0.3) is 0 Å². The van der Waals surface area contributed by atoms with Crippen molar-refractivity contribution in [2.45, 2.75) is 11.4 Å². The second-order valence-electron chi connectivity index (χ2n) is 4.59. The van der Waals surface area contributed by atoms with Gasteiger partial charge in [-0.2, -0.15) is 0 Å². The average Bonchev–Trinajstić information content (AvgIpc) is 2.52. The van der Waals surface area contributed by atoms with Gasteiger partial charge in [0.1, 0.15) is 16.5 Å². The van der Waals surface area contributed by atoms with Crippen molar-refractivity contribution in [3.63, 3.8) is 0 Å². The minimum absolute atomic E-state index is 0.111. The lowest BCUT2D eigenvalue weighted by atomic mass is 10.1. The fourth-order valence-corrected chi connectivity index (χ4v) is 2.90. The van der Waals surface area contributed by atoms with Crippen molar-refractivity contribution in [1.29, 1.82) is 0 Å². The number of carbonyl (C=O) groups is 1. The van der Waals surface area contributed by atoms with Crippen LogP contribution < -0.4 is 4.72 Å². The van der Waals surface area contributed by atoms with Crippen LogP contribution in [0.2, 0.25) is 0 Å². The van der Waals surface area contributed by atoms with Crippen molar-refractivity contribution < 1.29 is 26.7 Å². The number of hydrogen-bond acceptors (Lipinski definition) is 4. The maximum absolute atomic E-state index is 13.5. The van der Waals surface area contributed by atoms with E-state index in [-0.39, 0.29) is 6.54 Å². The summed E-state index contributed by atoms with van der Waals surface area (Å²) in [4.78, 5) is 10.7. The summed E-state index contributed by atoms with van der Waals surface area (Å²) in [5.41, 5.74) is 0.882. The highest BCUT2D eigenvalue weighted by Crippen LogP contribution is 2.16. The Bertz CT molecular complexity index is 820. The number of ether oxygens (including phenoxy) is 1. The van der Waals surface area contributed by atoms with Crippen molar-refractivity contribution in [3.8, 4) is 0 Å². The number of sulfonamides is 1. The molecule has 122 valence electrons. The Morgan fingerprint density at radius 3 is 2.35 bits per heavy atom. The van der Waals surface area contributed by atoms with Crippen LogP contribution in [-0.2, 0) is 21.3 Å². The van der Waals surface area contributed by atoms with Crippen molar-refractivity contribution in [1.82, 2.24) is 4.72 Å². The Balaban J connectivity index is 2.11. The number of halogens is 2. The number of esters is 1. The minimum atomic E-state index is -4.12. The van der Waals surface area contributed by atoms with Gasteiger partial charge in [0.15, 0.2) is 0 Å². The molecular formula is C15H13F2NO4S. The predicted molar refractivity (Wildman–Crippen MR) is 78.2 cm³/mol. The first-order valence-electron chi connectivity index (χ1n) is 6.45. The summed E-state index contributed by atoms with van der Waals surface area (Å²) in [5, 5.41) is 0. The second-order valence-corrected chi connectivity index (χ2v) is 6.32. The van der Waals surface area contributed by atoms with Crippen LogP contribution in [0.15, 0.2) is 47.4 Å². The van der Waals surface area contributed by atoms with E-state index in [1.807, 2.05) is 0 Å². The number of rotatable bonds is 5. The third kappa shape index (κ3) is 4.11. The van der Waals surface area contributed by atoms with E-state index in [2.05, 4.69) is 9.46 Å². The Morgan fingerprint density at radius 1 is 1.13 bits per heavy atom. The van der Waals surface area contributed by atoms with E-state index in [9.17, 15) is 22.0 Å². The lowest BCUT2D eigenvalue weighted by Crippen LogP contribution is -2.24. The monoisotopic (exact) mass is 341 g/mol. The second kappa shape index (κ2) is 6.84. The van der Waals surface area contributed by atoms with Gasteiger partial charge in [-0.3, -0.25) is 0 Å². The fraction of sp³-hybridized carbons (Fsp3) is 0.133. The summed E-state index contributed by atoms with van der Waals surface area (Å²) in [6.07, 6.45) is 0. The van der Waals surface area contributed by atoms with Gasteiger partial charge in [-0.1, -0.05) is 12.1 Å². The quantitative estimate of drug-likeness (QED) is 0.847. The number of benzene rings is 2. The van der Waals surface area contributed by atoms with Gasteiger partial charge in [-0.15, -0.1) is 0 Å². The van der Waals surface area contributed by atoms with E-state index in [0.29, 0.717) is 17.2 Å². The highest BCUT2D eigenvalue weighted by molar-refractivity contribution is 7.89. The largest absolute Gasteiger partial charge is 0.465 e. The van der Waals surface area contributed by atoms with Crippen LogP contribution in [0.1, 0.15) is 15.9 Å². The van der Waals surface area contributed by atoms with Gasteiger partial charge in [0, 0.05) is 12.6 Å². The minimum Gasteiger partial charge on any atom is -0.465 e. The molecule has 0 aliphatic rings. The molecule has 0 radical (unpaired) electrons. The number of carbonyl (C=O) groups excluding carboxylic acids is 1. The lowest BCUT2D eigenvalue weighted by molar-refractivity contribution is 0.0600. The first-order valence-corrected chi connectivity index (χ1v) is 7.94. The molecule has 2 aromatic rings. The molecule has 0 saturated heterocycles. The third-order valence-corrected chi connectivity index (χ3v) is 4.46. The molecule has 5 nitrogen and oxygen atoms in total. The molecular weight excluding hydrogens is 328 g/mol. The first kappa shape index (κ1) is 17.0. The maximum Gasteiger partial charge on any atom is 0.337 e. The molecule has 0 amide bonds. The highest BCUT2D eigenvalue weighted by Gasteiger charge is 2.19. The molecule has 0 bridgehead atoms. The zero-order chi connectivity index (χ0) is 17.0. The number of hydrogen-bond donors (Lipinski definition) is 1. The highest BCUT2D eigenvalue weighted by atomic mass is 32.2. The topological polar surface area (TPSA) is 72.5 Å². The lowest BCUT2D eigenvalue weighted by Gasteiger charge is -2.08.